The fourth-order valence-corrected chi connectivity index (χ4v) is 2.25. The molecule has 106 valence electrons. The highest BCUT2D eigenvalue weighted by Crippen LogP contribution is 2.06. The molecule has 1 fully saturated rings. The maximum absolute atomic E-state index is 11.9. The normalized spacial score (nSPS) is 22.7. The molecule has 0 saturated carbocycles. The molecule has 3 N–H and O–H groups in total. The van der Waals surface area contributed by atoms with Gasteiger partial charge in [0.25, 0.3) is 0 Å². The van der Waals surface area contributed by atoms with Gasteiger partial charge in [0.2, 0.25) is 5.91 Å². The first-order valence-electron chi connectivity index (χ1n) is 7.02. The van der Waals surface area contributed by atoms with Crippen molar-refractivity contribution in [2.24, 2.45) is 11.7 Å². The maximum Gasteiger partial charge on any atom is 0.224 e. The minimum absolute atomic E-state index is 0.0548. The molecule has 0 bridgehead atoms. The molecule has 1 rings (SSSR count). The highest BCUT2D eigenvalue weighted by Gasteiger charge is 2.21. The molecule has 0 radical (unpaired) electrons. The minimum atomic E-state index is -0.0548. The van der Waals surface area contributed by atoms with Gasteiger partial charge in [-0.05, 0) is 13.0 Å². The molecule has 2 unspecified atom stereocenters. The first-order chi connectivity index (χ1) is 8.71. The Hall–Kier alpha value is -0.650. The number of nitrogens with one attached hydrogen (secondary N) is 1. The Balaban J connectivity index is 2.28. The van der Waals surface area contributed by atoms with E-state index in [1.807, 2.05) is 0 Å². The summed E-state index contributed by atoms with van der Waals surface area (Å²) >= 11 is 0. The second-order valence-electron chi connectivity index (χ2n) is 4.85. The molecule has 0 aromatic rings. The number of nitrogens with zero attached hydrogens (tertiary/aromatic N) is 1. The first-order valence-corrected chi connectivity index (χ1v) is 7.02. The highest BCUT2D eigenvalue weighted by molar-refractivity contribution is 5.78. The number of hydrogen-bond donors (Lipinski definition) is 2. The van der Waals surface area contributed by atoms with Gasteiger partial charge in [0.05, 0.1) is 18.6 Å². The Morgan fingerprint density at radius 1 is 1.56 bits per heavy atom. The van der Waals surface area contributed by atoms with Crippen LogP contribution in [0.4, 0.5) is 0 Å². The third-order valence-electron chi connectivity index (χ3n) is 3.47. The number of ether oxygens (including phenoxy) is 1. The zero-order chi connectivity index (χ0) is 13.4. The summed E-state index contributed by atoms with van der Waals surface area (Å²) in [5.41, 5.74) is 5.61. The molecule has 18 heavy (non-hydrogen) atoms. The predicted octanol–water partition coefficient (Wildman–Crippen LogP) is 0.198. The van der Waals surface area contributed by atoms with Gasteiger partial charge >= 0.3 is 0 Å². The molecule has 1 saturated heterocycles. The van der Waals surface area contributed by atoms with Gasteiger partial charge in [0.15, 0.2) is 0 Å². The lowest BCUT2D eigenvalue weighted by atomic mass is 10.0. The Bertz CT molecular complexity index is 248. The Morgan fingerprint density at radius 2 is 2.33 bits per heavy atom. The molecule has 0 spiro atoms. The zero-order valence-electron chi connectivity index (χ0n) is 11.7. The summed E-state index contributed by atoms with van der Waals surface area (Å²) < 4.78 is 5.65. The van der Waals surface area contributed by atoms with Crippen molar-refractivity contribution >= 4 is 5.91 Å². The monoisotopic (exact) mass is 257 g/mol. The van der Waals surface area contributed by atoms with Gasteiger partial charge in [-0.2, -0.15) is 0 Å². The van der Waals surface area contributed by atoms with E-state index in [2.05, 4.69) is 24.1 Å². The number of rotatable bonds is 7. The van der Waals surface area contributed by atoms with Gasteiger partial charge in [-0.15, -0.1) is 0 Å². The van der Waals surface area contributed by atoms with Gasteiger partial charge in [-0.25, -0.2) is 0 Å². The molecule has 5 nitrogen and oxygen atoms in total. The van der Waals surface area contributed by atoms with Gasteiger partial charge in [-0.3, -0.25) is 9.69 Å². The van der Waals surface area contributed by atoms with Crippen LogP contribution in [0.2, 0.25) is 0 Å². The molecule has 1 aliphatic heterocycles. The summed E-state index contributed by atoms with van der Waals surface area (Å²) in [7, 11) is 0. The van der Waals surface area contributed by atoms with Crippen molar-refractivity contribution in [1.82, 2.24) is 10.2 Å². The average molecular weight is 257 g/mol. The van der Waals surface area contributed by atoms with Gasteiger partial charge in [-0.1, -0.05) is 20.3 Å². The average Bonchev–Trinajstić information content (AvgIpc) is 2.42. The number of hydrogen-bond acceptors (Lipinski definition) is 4. The molecule has 0 aromatic carbocycles. The van der Waals surface area contributed by atoms with Gasteiger partial charge in [0.1, 0.15) is 0 Å². The third kappa shape index (κ3) is 4.92. The van der Waals surface area contributed by atoms with Crippen molar-refractivity contribution in [1.29, 1.82) is 0 Å². The summed E-state index contributed by atoms with van der Waals surface area (Å²) in [6.45, 7) is 8.91. The van der Waals surface area contributed by atoms with Crippen molar-refractivity contribution in [3.8, 4) is 0 Å². The number of amides is 1. The summed E-state index contributed by atoms with van der Waals surface area (Å²) in [5.74, 6) is 0.0115. The molecular weight excluding hydrogens is 230 g/mol. The van der Waals surface area contributed by atoms with Crippen LogP contribution in [0.25, 0.3) is 0 Å². The second-order valence-corrected chi connectivity index (χ2v) is 4.85. The van der Waals surface area contributed by atoms with Gasteiger partial charge in [0, 0.05) is 26.2 Å². The number of morpholine rings is 1. The quantitative estimate of drug-likeness (QED) is 0.683. The largest absolute Gasteiger partial charge is 0.374 e. The Kier molecular flexibility index (Phi) is 7.23. The van der Waals surface area contributed by atoms with Crippen molar-refractivity contribution in [3.05, 3.63) is 0 Å². The minimum Gasteiger partial charge on any atom is -0.374 e. The van der Waals surface area contributed by atoms with E-state index in [9.17, 15) is 4.79 Å². The summed E-state index contributed by atoms with van der Waals surface area (Å²) in [6, 6.07) is 0. The molecule has 1 aliphatic rings. The van der Waals surface area contributed by atoms with Crippen molar-refractivity contribution in [2.45, 2.75) is 32.8 Å². The molecular formula is C13H27N3O2. The molecule has 1 amide bonds. The van der Waals surface area contributed by atoms with Crippen molar-refractivity contribution < 1.29 is 9.53 Å². The van der Waals surface area contributed by atoms with Crippen molar-refractivity contribution in [3.63, 3.8) is 0 Å². The highest BCUT2D eigenvalue weighted by atomic mass is 16.5. The number of carbonyl (C=O) groups excluding carboxylic acids is 1. The van der Waals surface area contributed by atoms with Crippen LogP contribution in [-0.4, -0.2) is 56.2 Å². The van der Waals surface area contributed by atoms with E-state index in [4.69, 9.17) is 10.5 Å². The molecule has 0 aliphatic carbocycles. The Morgan fingerprint density at radius 3 is 2.94 bits per heavy atom. The number of carbonyl (C=O) groups is 1. The van der Waals surface area contributed by atoms with E-state index in [-0.39, 0.29) is 17.9 Å². The van der Waals surface area contributed by atoms with Crippen LogP contribution >= 0.6 is 0 Å². The fourth-order valence-electron chi connectivity index (χ4n) is 2.25. The van der Waals surface area contributed by atoms with Crippen LogP contribution in [-0.2, 0) is 9.53 Å². The third-order valence-corrected chi connectivity index (χ3v) is 3.47. The maximum atomic E-state index is 11.9. The zero-order valence-corrected chi connectivity index (χ0v) is 11.7. The molecule has 0 aromatic heterocycles. The topological polar surface area (TPSA) is 67.6 Å². The van der Waals surface area contributed by atoms with Crippen LogP contribution in [0.3, 0.4) is 0 Å². The van der Waals surface area contributed by atoms with E-state index < -0.39 is 0 Å². The van der Waals surface area contributed by atoms with E-state index >= 15 is 0 Å². The summed E-state index contributed by atoms with van der Waals surface area (Å²) in [5, 5.41) is 2.96. The smallest absolute Gasteiger partial charge is 0.224 e. The van der Waals surface area contributed by atoms with Gasteiger partial charge < -0.3 is 15.8 Å². The second kappa shape index (κ2) is 8.45. The summed E-state index contributed by atoms with van der Waals surface area (Å²) in [4.78, 5) is 14.2. The number of likely N-dealkylation sites (N-methyl/N-ethyl adjacent to an activating group) is 1. The van der Waals surface area contributed by atoms with E-state index in [0.717, 1.165) is 39.1 Å². The standard InChI is InChI=1S/C13H27N3O2/c1-3-5-11(8-14)13(17)15-9-12-10-16(4-2)6-7-18-12/h11-12H,3-10,14H2,1-2H3,(H,15,17). The van der Waals surface area contributed by atoms with E-state index in [1.54, 1.807) is 0 Å². The lowest BCUT2D eigenvalue weighted by Gasteiger charge is -2.32. The lowest BCUT2D eigenvalue weighted by Crippen LogP contribution is -2.48. The SMILES string of the molecule is CCCC(CN)C(=O)NCC1CN(CC)CCO1. The van der Waals surface area contributed by atoms with E-state index in [0.29, 0.717) is 13.1 Å². The molecule has 5 heteroatoms. The van der Waals surface area contributed by atoms with Crippen molar-refractivity contribution in [2.75, 3.05) is 39.3 Å². The lowest BCUT2D eigenvalue weighted by molar-refractivity contribution is -0.126. The van der Waals surface area contributed by atoms with Crippen LogP contribution in [0, 0.1) is 5.92 Å². The number of nitrogens with two attached hydrogens (primary N) is 1. The van der Waals surface area contributed by atoms with Crippen LogP contribution < -0.4 is 11.1 Å². The van der Waals surface area contributed by atoms with Crippen LogP contribution in [0.1, 0.15) is 26.7 Å². The summed E-state index contributed by atoms with van der Waals surface area (Å²) in [6.07, 6.45) is 1.95. The fraction of sp³-hybridized carbons (Fsp3) is 0.923. The Labute approximate surface area is 110 Å². The molecule has 2 atom stereocenters. The predicted molar refractivity (Wildman–Crippen MR) is 72.3 cm³/mol. The van der Waals surface area contributed by atoms with E-state index in [1.165, 1.54) is 0 Å². The van der Waals surface area contributed by atoms with Crippen LogP contribution in [0.5, 0.6) is 0 Å². The molecule has 1 heterocycles. The van der Waals surface area contributed by atoms with Crippen LogP contribution in [0.15, 0.2) is 0 Å². The first kappa shape index (κ1) is 15.4.